The second-order valence-corrected chi connectivity index (χ2v) is 7.11. The molecule has 6 heteroatoms. The maximum Gasteiger partial charge on any atom is 0.296 e. The van der Waals surface area contributed by atoms with E-state index < -0.39 is 0 Å². The summed E-state index contributed by atoms with van der Waals surface area (Å²) in [6, 6.07) is 15.2. The first-order chi connectivity index (χ1) is 12.1. The summed E-state index contributed by atoms with van der Waals surface area (Å²) in [7, 11) is 1.91. The van der Waals surface area contributed by atoms with Gasteiger partial charge in [0.05, 0.1) is 11.4 Å². The van der Waals surface area contributed by atoms with Crippen LogP contribution in [0, 0.1) is 0 Å². The zero-order valence-corrected chi connectivity index (χ0v) is 15.9. The Morgan fingerprint density at radius 1 is 1.16 bits per heavy atom. The molecule has 0 aliphatic heterocycles. The molecule has 0 saturated carbocycles. The van der Waals surface area contributed by atoms with Crippen molar-refractivity contribution in [1.29, 1.82) is 0 Å². The van der Waals surface area contributed by atoms with E-state index in [1.165, 1.54) is 4.68 Å². The molecular formula is C19H15BrClN3O. The number of para-hydroxylation sites is 1. The fraction of sp³-hybridized carbons (Fsp3) is 0.158. The first-order valence-electron chi connectivity index (χ1n) is 7.93. The second-order valence-electron chi connectivity index (χ2n) is 5.88. The van der Waals surface area contributed by atoms with E-state index in [-0.39, 0.29) is 5.56 Å². The molecule has 0 unspecified atom stereocenters. The molecule has 0 saturated heterocycles. The van der Waals surface area contributed by atoms with Gasteiger partial charge in [-0.05, 0) is 30.3 Å². The van der Waals surface area contributed by atoms with E-state index in [1.54, 1.807) is 0 Å². The van der Waals surface area contributed by atoms with E-state index in [1.807, 2.05) is 60.1 Å². The molecule has 126 valence electrons. The molecule has 0 N–H and O–H groups in total. The Bertz CT molecular complexity index is 1150. The van der Waals surface area contributed by atoms with Crippen molar-refractivity contribution >= 4 is 49.3 Å². The number of rotatable bonds is 3. The van der Waals surface area contributed by atoms with Crippen molar-refractivity contribution in [2.24, 2.45) is 7.05 Å². The molecule has 0 aliphatic rings. The summed E-state index contributed by atoms with van der Waals surface area (Å²) in [6.45, 7) is 0. The van der Waals surface area contributed by atoms with E-state index in [0.29, 0.717) is 10.5 Å². The number of fused-ring (bicyclic) bond motifs is 3. The average Bonchev–Trinajstić information content (AvgIpc) is 2.91. The van der Waals surface area contributed by atoms with Gasteiger partial charge in [-0.25, -0.2) is 0 Å². The Labute approximate surface area is 157 Å². The molecule has 0 aliphatic carbocycles. The zero-order valence-electron chi connectivity index (χ0n) is 13.5. The van der Waals surface area contributed by atoms with Crippen LogP contribution in [-0.4, -0.2) is 19.7 Å². The molecule has 0 fully saturated rings. The molecule has 0 amide bonds. The summed E-state index contributed by atoms with van der Waals surface area (Å²) in [5, 5.41) is 7.93. The number of benzene rings is 2. The molecule has 0 spiro atoms. The molecule has 4 rings (SSSR count). The van der Waals surface area contributed by atoms with Crippen LogP contribution in [0.4, 0.5) is 0 Å². The van der Waals surface area contributed by atoms with Crippen LogP contribution in [0.1, 0.15) is 5.69 Å². The number of aromatic nitrogens is 3. The Morgan fingerprint density at radius 3 is 2.64 bits per heavy atom. The van der Waals surface area contributed by atoms with E-state index in [4.69, 9.17) is 11.6 Å². The SMILES string of the molecule is Cn1c2ccc(Cl)cc2c2c(CCBr)nn(-c3ccccc3)c(=O)c21. The number of hydrogen-bond donors (Lipinski definition) is 0. The lowest BCUT2D eigenvalue weighted by Crippen LogP contribution is -2.24. The molecule has 0 atom stereocenters. The highest BCUT2D eigenvalue weighted by atomic mass is 79.9. The van der Waals surface area contributed by atoms with E-state index in [0.717, 1.165) is 39.4 Å². The molecule has 2 heterocycles. The summed E-state index contributed by atoms with van der Waals surface area (Å²) < 4.78 is 3.42. The van der Waals surface area contributed by atoms with Gasteiger partial charge in [0.1, 0.15) is 5.52 Å². The van der Waals surface area contributed by atoms with Crippen molar-refractivity contribution < 1.29 is 0 Å². The first kappa shape index (κ1) is 16.4. The third kappa shape index (κ3) is 2.58. The smallest absolute Gasteiger partial charge is 0.296 e. The lowest BCUT2D eigenvalue weighted by Gasteiger charge is -2.09. The van der Waals surface area contributed by atoms with Gasteiger partial charge >= 0.3 is 0 Å². The van der Waals surface area contributed by atoms with Gasteiger partial charge in [0, 0.05) is 40.1 Å². The Hall–Kier alpha value is -2.11. The quantitative estimate of drug-likeness (QED) is 0.462. The first-order valence-corrected chi connectivity index (χ1v) is 9.43. The normalized spacial score (nSPS) is 11.5. The van der Waals surface area contributed by atoms with Crippen LogP contribution < -0.4 is 5.56 Å². The highest BCUT2D eigenvalue weighted by molar-refractivity contribution is 9.09. The zero-order chi connectivity index (χ0) is 17.6. The predicted molar refractivity (Wildman–Crippen MR) is 106 cm³/mol. The maximum absolute atomic E-state index is 13.2. The third-order valence-electron chi connectivity index (χ3n) is 4.40. The Morgan fingerprint density at radius 2 is 1.92 bits per heavy atom. The molecular weight excluding hydrogens is 402 g/mol. The minimum absolute atomic E-state index is 0.130. The van der Waals surface area contributed by atoms with Gasteiger partial charge in [0.2, 0.25) is 0 Å². The highest BCUT2D eigenvalue weighted by Gasteiger charge is 2.19. The van der Waals surface area contributed by atoms with Gasteiger partial charge in [0.15, 0.2) is 0 Å². The molecule has 4 aromatic rings. The van der Waals surface area contributed by atoms with E-state index in [2.05, 4.69) is 21.0 Å². The van der Waals surface area contributed by atoms with Crippen molar-refractivity contribution in [2.75, 3.05) is 5.33 Å². The van der Waals surface area contributed by atoms with Gasteiger partial charge in [-0.3, -0.25) is 4.79 Å². The number of alkyl halides is 1. The van der Waals surface area contributed by atoms with Crippen molar-refractivity contribution in [2.45, 2.75) is 6.42 Å². The van der Waals surface area contributed by atoms with Crippen LogP contribution in [0.5, 0.6) is 0 Å². The lowest BCUT2D eigenvalue weighted by atomic mass is 10.1. The fourth-order valence-electron chi connectivity index (χ4n) is 3.28. The molecule has 25 heavy (non-hydrogen) atoms. The largest absolute Gasteiger partial charge is 0.339 e. The number of aryl methyl sites for hydroxylation is 2. The van der Waals surface area contributed by atoms with Crippen LogP contribution in [-0.2, 0) is 13.5 Å². The predicted octanol–water partition coefficient (Wildman–Crippen LogP) is 4.47. The van der Waals surface area contributed by atoms with Crippen LogP contribution in [0.15, 0.2) is 53.3 Å². The third-order valence-corrected chi connectivity index (χ3v) is 5.03. The topological polar surface area (TPSA) is 39.8 Å². The molecule has 2 aromatic heterocycles. The van der Waals surface area contributed by atoms with Gasteiger partial charge in [0.25, 0.3) is 5.56 Å². The summed E-state index contributed by atoms with van der Waals surface area (Å²) in [5.74, 6) is 0. The maximum atomic E-state index is 13.2. The second kappa shape index (κ2) is 6.32. The number of hydrogen-bond acceptors (Lipinski definition) is 2. The molecule has 0 bridgehead atoms. The average molecular weight is 417 g/mol. The van der Waals surface area contributed by atoms with E-state index >= 15 is 0 Å². The van der Waals surface area contributed by atoms with Crippen molar-refractivity contribution in [3.63, 3.8) is 0 Å². The number of halogens is 2. The minimum atomic E-state index is -0.130. The van der Waals surface area contributed by atoms with Gasteiger partial charge in [-0.15, -0.1) is 0 Å². The van der Waals surface area contributed by atoms with Gasteiger partial charge in [-0.2, -0.15) is 9.78 Å². The lowest BCUT2D eigenvalue weighted by molar-refractivity contribution is 0.777. The summed E-state index contributed by atoms with van der Waals surface area (Å²) >= 11 is 9.70. The molecule has 4 nitrogen and oxygen atoms in total. The van der Waals surface area contributed by atoms with Crippen molar-refractivity contribution in [1.82, 2.24) is 14.3 Å². The highest BCUT2D eigenvalue weighted by Crippen LogP contribution is 2.31. The Kier molecular flexibility index (Phi) is 4.13. The van der Waals surface area contributed by atoms with Crippen LogP contribution in [0.2, 0.25) is 5.02 Å². The molecule has 2 aromatic carbocycles. The standard InChI is InChI=1S/C19H15BrClN3O/c1-23-16-8-7-12(21)11-14(16)17-15(9-10-20)22-24(19(25)18(17)23)13-5-3-2-4-6-13/h2-8,11H,9-10H2,1H3. The van der Waals surface area contributed by atoms with Crippen LogP contribution in [0.3, 0.4) is 0 Å². The monoisotopic (exact) mass is 415 g/mol. The number of nitrogens with zero attached hydrogens (tertiary/aromatic N) is 3. The van der Waals surface area contributed by atoms with Crippen LogP contribution >= 0.6 is 27.5 Å². The fourth-order valence-corrected chi connectivity index (χ4v) is 3.83. The van der Waals surface area contributed by atoms with Crippen molar-refractivity contribution in [3.8, 4) is 5.69 Å². The van der Waals surface area contributed by atoms with Gasteiger partial charge < -0.3 is 4.57 Å². The summed E-state index contributed by atoms with van der Waals surface area (Å²) in [4.78, 5) is 13.2. The Balaban J connectivity index is 2.19. The summed E-state index contributed by atoms with van der Waals surface area (Å²) in [5.41, 5.74) is 3.12. The van der Waals surface area contributed by atoms with Gasteiger partial charge in [-0.1, -0.05) is 45.7 Å². The van der Waals surface area contributed by atoms with Crippen LogP contribution in [0.25, 0.3) is 27.5 Å². The van der Waals surface area contributed by atoms with E-state index in [9.17, 15) is 4.79 Å². The summed E-state index contributed by atoms with van der Waals surface area (Å²) in [6.07, 6.45) is 0.718. The van der Waals surface area contributed by atoms with Crippen molar-refractivity contribution in [3.05, 3.63) is 69.6 Å². The molecule has 0 radical (unpaired) electrons. The minimum Gasteiger partial charge on any atom is -0.339 e.